The molecule has 0 atom stereocenters. The number of rotatable bonds is 7. The molecule has 0 radical (unpaired) electrons. The fourth-order valence-corrected chi connectivity index (χ4v) is 5.03. The summed E-state index contributed by atoms with van der Waals surface area (Å²) < 4.78 is 4.97. The molecule has 0 aliphatic carbocycles. The van der Waals surface area contributed by atoms with Crippen LogP contribution < -0.4 is 5.73 Å². The summed E-state index contributed by atoms with van der Waals surface area (Å²) in [6, 6.07) is 1.78. The van der Waals surface area contributed by atoms with Crippen LogP contribution in [0.3, 0.4) is 0 Å². The Morgan fingerprint density at radius 2 is 1.80 bits per heavy atom. The number of piperidine rings is 2. The Labute approximate surface area is 217 Å². The van der Waals surface area contributed by atoms with Crippen molar-refractivity contribution in [1.82, 2.24) is 15.0 Å². The van der Waals surface area contributed by atoms with Gasteiger partial charge in [0.15, 0.2) is 0 Å². The van der Waals surface area contributed by atoms with Crippen molar-refractivity contribution in [3.63, 3.8) is 0 Å². The first kappa shape index (κ1) is 29.4. The monoisotopic (exact) mass is 507 g/mol. The lowest BCUT2D eigenvalue weighted by molar-refractivity contribution is -0.120. The first-order chi connectivity index (χ1) is 16.5. The normalized spacial score (nSPS) is 19.7. The number of amides is 1. The number of allylic oxidation sites excluding steroid dienone is 1. The maximum atomic E-state index is 10.8. The quantitative estimate of drug-likeness (QED) is 0.390. The van der Waals surface area contributed by atoms with Gasteiger partial charge in [-0.2, -0.15) is 0 Å². The maximum absolute atomic E-state index is 10.8. The highest BCUT2D eigenvalue weighted by Crippen LogP contribution is 2.41. The van der Waals surface area contributed by atoms with Crippen molar-refractivity contribution in [3.05, 3.63) is 23.1 Å². The van der Waals surface area contributed by atoms with E-state index in [0.29, 0.717) is 40.4 Å². The molecule has 8 heteroatoms. The SMILES string of the molecule is CC(C)(C)CCN1CCC2(CCN(C=O)CC2)CC1.CCN=C(Cl)/C(CC)=C(\N)c1cc(C)on1. The summed E-state index contributed by atoms with van der Waals surface area (Å²) in [5.41, 5.74) is 8.93. The van der Waals surface area contributed by atoms with Gasteiger partial charge < -0.3 is 20.1 Å². The van der Waals surface area contributed by atoms with Gasteiger partial charge in [-0.05, 0) is 82.8 Å². The molecule has 2 aliphatic rings. The van der Waals surface area contributed by atoms with Crippen LogP contribution in [-0.4, -0.2) is 65.8 Å². The molecule has 0 unspecified atom stereocenters. The van der Waals surface area contributed by atoms with E-state index in [9.17, 15) is 4.79 Å². The van der Waals surface area contributed by atoms with Crippen LogP contribution in [0.1, 0.15) is 84.6 Å². The minimum atomic E-state index is 0.447. The molecule has 2 aliphatic heterocycles. The molecule has 0 saturated carbocycles. The van der Waals surface area contributed by atoms with E-state index in [1.807, 2.05) is 25.7 Å². The van der Waals surface area contributed by atoms with Crippen molar-refractivity contribution in [2.24, 2.45) is 21.6 Å². The van der Waals surface area contributed by atoms with Gasteiger partial charge in [0, 0.05) is 31.3 Å². The molecular weight excluding hydrogens is 462 g/mol. The van der Waals surface area contributed by atoms with Gasteiger partial charge in [-0.25, -0.2) is 0 Å². The van der Waals surface area contributed by atoms with Crippen LogP contribution in [0.4, 0.5) is 0 Å². The number of nitrogens with two attached hydrogens (primary N) is 1. The van der Waals surface area contributed by atoms with Gasteiger partial charge in [0.2, 0.25) is 6.41 Å². The number of carbonyl (C=O) groups is 1. The van der Waals surface area contributed by atoms with Crippen molar-refractivity contribution < 1.29 is 9.32 Å². The summed E-state index contributed by atoms with van der Waals surface area (Å²) in [6.07, 6.45) is 8.13. The first-order valence-corrected chi connectivity index (χ1v) is 13.4. The number of carbonyl (C=O) groups excluding carboxylic acids is 1. The minimum absolute atomic E-state index is 0.447. The lowest BCUT2D eigenvalue weighted by Crippen LogP contribution is -2.46. The van der Waals surface area contributed by atoms with Gasteiger partial charge in [0.05, 0.1) is 5.70 Å². The fourth-order valence-electron chi connectivity index (χ4n) is 4.68. The zero-order valence-electron chi connectivity index (χ0n) is 22.7. The molecule has 0 aromatic carbocycles. The van der Waals surface area contributed by atoms with E-state index in [1.165, 1.54) is 51.7 Å². The predicted molar refractivity (Wildman–Crippen MR) is 146 cm³/mol. The summed E-state index contributed by atoms with van der Waals surface area (Å²) in [6.45, 7) is 19.1. The summed E-state index contributed by atoms with van der Waals surface area (Å²) in [5.74, 6) is 0.719. The standard InChI is InChI=1S/C16H30N2O.C11H16ClN3O/c1-15(2,3)4-9-17-10-5-16(6-11-17)7-12-18(14-19)13-8-16;1-4-8(11(12)14-5-2)10(13)9-6-7(3)16-15-9/h14H,4-13H2,1-3H3;6H,4-5,13H2,1-3H3/b;10-8-,14-11?. The second kappa shape index (κ2) is 13.4. The van der Waals surface area contributed by atoms with Crippen LogP contribution in [-0.2, 0) is 4.79 Å². The van der Waals surface area contributed by atoms with E-state index in [1.54, 1.807) is 6.07 Å². The van der Waals surface area contributed by atoms with Crippen LogP contribution in [0, 0.1) is 17.8 Å². The zero-order chi connectivity index (χ0) is 26.1. The Hall–Kier alpha value is -1.86. The molecular formula is C27H46ClN5O2. The van der Waals surface area contributed by atoms with E-state index >= 15 is 0 Å². The molecule has 1 aromatic heterocycles. The highest BCUT2D eigenvalue weighted by molar-refractivity contribution is 6.70. The van der Waals surface area contributed by atoms with Gasteiger partial charge in [-0.15, -0.1) is 0 Å². The third-order valence-corrected chi connectivity index (χ3v) is 7.58. The Bertz CT molecular complexity index is 853. The molecule has 2 saturated heterocycles. The molecule has 1 aromatic rings. The van der Waals surface area contributed by atoms with E-state index < -0.39 is 0 Å². The summed E-state index contributed by atoms with van der Waals surface area (Å²) in [7, 11) is 0. The maximum Gasteiger partial charge on any atom is 0.209 e. The summed E-state index contributed by atoms with van der Waals surface area (Å²) >= 11 is 6.05. The molecule has 2 N–H and O–H groups in total. The number of halogens is 1. The van der Waals surface area contributed by atoms with Crippen LogP contribution in [0.5, 0.6) is 0 Å². The average molecular weight is 508 g/mol. The van der Waals surface area contributed by atoms with E-state index in [2.05, 4.69) is 35.8 Å². The highest BCUT2D eigenvalue weighted by Gasteiger charge is 2.37. The molecule has 3 rings (SSSR count). The first-order valence-electron chi connectivity index (χ1n) is 13.1. The number of hydrogen-bond donors (Lipinski definition) is 1. The van der Waals surface area contributed by atoms with E-state index in [4.69, 9.17) is 21.9 Å². The van der Waals surface area contributed by atoms with Gasteiger partial charge >= 0.3 is 0 Å². The number of aryl methyl sites for hydroxylation is 1. The van der Waals surface area contributed by atoms with Crippen molar-refractivity contribution >= 4 is 28.9 Å². The lowest BCUT2D eigenvalue weighted by atomic mass is 9.71. The smallest absolute Gasteiger partial charge is 0.209 e. The molecule has 1 amide bonds. The highest BCUT2D eigenvalue weighted by atomic mass is 35.5. The number of aromatic nitrogens is 1. The van der Waals surface area contributed by atoms with Crippen LogP contribution in [0.15, 0.2) is 21.2 Å². The summed E-state index contributed by atoms with van der Waals surface area (Å²) in [5, 5.41) is 4.30. The zero-order valence-corrected chi connectivity index (χ0v) is 23.5. The van der Waals surface area contributed by atoms with Gasteiger partial charge in [-0.1, -0.05) is 44.5 Å². The third kappa shape index (κ3) is 9.26. The Kier molecular flexibility index (Phi) is 11.3. The van der Waals surface area contributed by atoms with Crippen molar-refractivity contribution in [1.29, 1.82) is 0 Å². The molecule has 1 spiro atoms. The van der Waals surface area contributed by atoms with Crippen LogP contribution in [0.2, 0.25) is 0 Å². The molecule has 198 valence electrons. The van der Waals surface area contributed by atoms with Crippen molar-refractivity contribution in [3.8, 4) is 0 Å². The van der Waals surface area contributed by atoms with Crippen molar-refractivity contribution in [2.75, 3.05) is 39.3 Å². The van der Waals surface area contributed by atoms with Gasteiger partial charge in [0.25, 0.3) is 0 Å². The number of nitrogens with zero attached hydrogens (tertiary/aromatic N) is 4. The van der Waals surface area contributed by atoms with Crippen LogP contribution >= 0.6 is 11.6 Å². The van der Waals surface area contributed by atoms with Crippen molar-refractivity contribution in [2.45, 2.75) is 80.1 Å². The lowest BCUT2D eigenvalue weighted by Gasteiger charge is -2.46. The molecule has 3 heterocycles. The van der Waals surface area contributed by atoms with Gasteiger partial charge in [0.1, 0.15) is 16.6 Å². The van der Waals surface area contributed by atoms with E-state index in [-0.39, 0.29) is 0 Å². The van der Waals surface area contributed by atoms with E-state index in [0.717, 1.165) is 30.8 Å². The second-order valence-corrected chi connectivity index (χ2v) is 11.5. The molecule has 2 fully saturated rings. The number of hydrogen-bond acceptors (Lipinski definition) is 6. The van der Waals surface area contributed by atoms with Crippen LogP contribution in [0.25, 0.3) is 5.70 Å². The fraction of sp³-hybridized carbons (Fsp3) is 0.741. The average Bonchev–Trinajstić information content (AvgIpc) is 3.26. The Morgan fingerprint density at radius 1 is 1.20 bits per heavy atom. The summed E-state index contributed by atoms with van der Waals surface area (Å²) in [4.78, 5) is 19.5. The number of likely N-dealkylation sites (tertiary alicyclic amines) is 2. The Balaban J connectivity index is 0.000000251. The number of aliphatic imine (C=N–C) groups is 1. The molecule has 35 heavy (non-hydrogen) atoms. The molecule has 0 bridgehead atoms. The predicted octanol–water partition coefficient (Wildman–Crippen LogP) is 5.48. The topological polar surface area (TPSA) is 88.0 Å². The largest absolute Gasteiger partial charge is 0.397 e. The minimum Gasteiger partial charge on any atom is -0.397 e. The molecule has 7 nitrogen and oxygen atoms in total. The second-order valence-electron chi connectivity index (χ2n) is 11.1. The third-order valence-electron chi connectivity index (χ3n) is 7.23. The van der Waals surface area contributed by atoms with Gasteiger partial charge in [-0.3, -0.25) is 9.79 Å². The Morgan fingerprint density at radius 3 is 2.26 bits per heavy atom.